The lowest BCUT2D eigenvalue weighted by Gasteiger charge is -2.36. The fraction of sp³-hybridized carbons (Fsp3) is 0.545. The first kappa shape index (κ1) is 55.6. The van der Waals surface area contributed by atoms with Gasteiger partial charge in [0.2, 0.25) is 0 Å². The van der Waals surface area contributed by atoms with Crippen LogP contribution in [0.5, 0.6) is 12.0 Å². The molecule has 430 valence electrons. The Morgan fingerprint density at radius 3 is 1.78 bits per heavy atom. The topological polar surface area (TPSA) is 139 Å². The lowest BCUT2D eigenvalue weighted by atomic mass is 9.91. The van der Waals surface area contributed by atoms with Crippen LogP contribution in [-0.2, 0) is 25.9 Å². The number of aromatic nitrogens is 4. The number of likely N-dealkylation sites (N-methyl/N-ethyl adjacent to an activating group) is 2. The maximum absolute atomic E-state index is 6.85. The second-order valence-electron chi connectivity index (χ2n) is 24.4. The molecule has 12 rings (SSSR count). The third-order valence-corrected chi connectivity index (χ3v) is 18.4. The van der Waals surface area contributed by atoms with Gasteiger partial charge in [0.15, 0.2) is 0 Å². The molecule has 0 bridgehead atoms. The van der Waals surface area contributed by atoms with Gasteiger partial charge in [-0.05, 0) is 158 Å². The van der Waals surface area contributed by atoms with Crippen molar-refractivity contribution in [1.29, 1.82) is 0 Å². The molecule has 4 saturated heterocycles. The van der Waals surface area contributed by atoms with Crippen LogP contribution in [0.1, 0.15) is 117 Å². The van der Waals surface area contributed by atoms with E-state index in [4.69, 9.17) is 39.4 Å². The number of ether oxygens (including phenoxy) is 2. The Bertz CT molecular complexity index is 3380. The summed E-state index contributed by atoms with van der Waals surface area (Å²) in [6.07, 6.45) is 9.78. The number of aliphatic imine (C=N–C) groups is 4. The molecule has 0 N–H and O–H groups in total. The quantitative estimate of drug-likeness (QED) is 0.0853. The van der Waals surface area contributed by atoms with Crippen molar-refractivity contribution in [3.8, 4) is 12.0 Å². The van der Waals surface area contributed by atoms with Gasteiger partial charge in [0.25, 0.3) is 0 Å². The van der Waals surface area contributed by atoms with E-state index < -0.39 is 0 Å². The number of likely N-dealkylation sites (tertiary alicyclic amines) is 2. The Kier molecular flexibility index (Phi) is 16.8. The number of aryl methyl sites for hydroxylation is 2. The van der Waals surface area contributed by atoms with Crippen LogP contribution in [-0.4, -0.2) is 158 Å². The highest BCUT2D eigenvalue weighted by molar-refractivity contribution is 5.98. The lowest BCUT2D eigenvalue weighted by Crippen LogP contribution is -2.39. The summed E-state index contributed by atoms with van der Waals surface area (Å²) >= 11 is 0. The monoisotopic (exact) mass is 1100 g/mol. The normalized spacial score (nSPS) is 21.0. The molecule has 4 fully saturated rings. The minimum atomic E-state index is 0.187. The zero-order valence-corrected chi connectivity index (χ0v) is 49.7. The summed E-state index contributed by atoms with van der Waals surface area (Å²) in [5, 5.41) is 5.17. The van der Waals surface area contributed by atoms with E-state index in [2.05, 4.69) is 167 Å². The number of piperidine rings is 2. The maximum atomic E-state index is 6.85. The smallest absolute Gasteiger partial charge is 0.318 e. The van der Waals surface area contributed by atoms with Crippen LogP contribution < -0.4 is 29.1 Å². The fourth-order valence-corrected chi connectivity index (χ4v) is 13.7. The van der Waals surface area contributed by atoms with E-state index in [1.807, 2.05) is 0 Å². The van der Waals surface area contributed by atoms with E-state index in [9.17, 15) is 0 Å². The summed E-state index contributed by atoms with van der Waals surface area (Å²) in [5.74, 6) is 2.37. The second kappa shape index (κ2) is 24.9. The molecular weight excluding hydrogens is 1020 g/mol. The molecule has 2 aromatic heterocycles. The van der Waals surface area contributed by atoms with Crippen LogP contribution in [0.3, 0.4) is 0 Å². The summed E-state index contributed by atoms with van der Waals surface area (Å²) in [6, 6.07) is 33.1. The highest BCUT2D eigenvalue weighted by Gasteiger charge is 2.35. The molecule has 8 heterocycles. The average molecular weight is 1110 g/mol. The zero-order chi connectivity index (χ0) is 56.3. The molecule has 6 aliphatic heterocycles. The number of anilines is 4. The molecule has 0 saturated carbocycles. The standard InChI is InChI=1S/C66H84N14O2/c1-8-26-67-42-69-51-20-28-77(29-21-51)63-55-24-32-79(59-19-11-16-47-15-9-13-45(4)61(47)59)38-57(55)71-66(74-63)82-41-54-35-50(37-76(54)7)49-34-48-17-10-14-46(5)62(48)60(36-49)80-33-25-56-58(39-80)72-65(81-40-53-18-12-27-75(53)6)73-64(56)78-30-22-52(23-31-78)70-43-68-44(2)3/h9-11,13-17,19,34,36,44,50-54H,8,12,18,20-33,35,37-41H2,1-7H3/t50?,53-,54-/m0/s1. The molecule has 16 heteroatoms. The fourth-order valence-electron chi connectivity index (χ4n) is 13.7. The number of nitrogens with zero attached hydrogens (tertiary/aromatic N) is 14. The summed E-state index contributed by atoms with van der Waals surface area (Å²) < 4.78 is 13.4. The van der Waals surface area contributed by atoms with Crippen LogP contribution in [0.2, 0.25) is 0 Å². The first-order valence-electron chi connectivity index (χ1n) is 30.8. The van der Waals surface area contributed by atoms with E-state index in [0.29, 0.717) is 50.3 Å². The molecule has 4 aromatic carbocycles. The Balaban J connectivity index is 0.791. The summed E-state index contributed by atoms with van der Waals surface area (Å²) in [5.41, 5.74) is 11.1. The third kappa shape index (κ3) is 12.1. The number of hydrogen-bond acceptors (Lipinski definition) is 16. The number of fused-ring (bicyclic) bond motifs is 4. The van der Waals surface area contributed by atoms with Crippen LogP contribution in [0.25, 0.3) is 21.5 Å². The van der Waals surface area contributed by atoms with Crippen molar-refractivity contribution in [3.63, 3.8) is 0 Å². The number of benzene rings is 4. The van der Waals surface area contributed by atoms with Crippen LogP contribution in [0, 0.1) is 13.8 Å². The van der Waals surface area contributed by atoms with Crippen molar-refractivity contribution >= 4 is 56.6 Å². The van der Waals surface area contributed by atoms with Crippen molar-refractivity contribution in [1.82, 2.24) is 29.7 Å². The summed E-state index contributed by atoms with van der Waals surface area (Å²) in [4.78, 5) is 54.1. The maximum Gasteiger partial charge on any atom is 0.318 e. The molecule has 82 heavy (non-hydrogen) atoms. The second-order valence-corrected chi connectivity index (χ2v) is 24.4. The van der Waals surface area contributed by atoms with Gasteiger partial charge in [0, 0.05) is 97.7 Å². The number of hydrogen-bond donors (Lipinski definition) is 0. The van der Waals surface area contributed by atoms with Crippen LogP contribution in [0.15, 0.2) is 86.7 Å². The van der Waals surface area contributed by atoms with Gasteiger partial charge in [-0.15, -0.1) is 0 Å². The van der Waals surface area contributed by atoms with Gasteiger partial charge in [-0.1, -0.05) is 61.5 Å². The lowest BCUT2D eigenvalue weighted by molar-refractivity contribution is 0.187. The molecular formula is C66H84N14O2. The summed E-state index contributed by atoms with van der Waals surface area (Å²) in [6.45, 7) is 21.3. The Morgan fingerprint density at radius 1 is 0.610 bits per heavy atom. The van der Waals surface area contributed by atoms with Gasteiger partial charge in [0.05, 0.1) is 54.6 Å². The van der Waals surface area contributed by atoms with Gasteiger partial charge < -0.3 is 34.0 Å². The minimum Gasteiger partial charge on any atom is -0.462 e. The van der Waals surface area contributed by atoms with Crippen molar-refractivity contribution in [3.05, 3.63) is 106 Å². The molecule has 0 spiro atoms. The van der Waals surface area contributed by atoms with Gasteiger partial charge >= 0.3 is 12.0 Å². The van der Waals surface area contributed by atoms with E-state index in [1.54, 1.807) is 0 Å². The Morgan fingerprint density at radius 2 is 1.18 bits per heavy atom. The predicted molar refractivity (Wildman–Crippen MR) is 332 cm³/mol. The Labute approximate surface area is 485 Å². The molecule has 0 amide bonds. The van der Waals surface area contributed by atoms with Crippen molar-refractivity contribution in [2.45, 2.75) is 148 Å². The molecule has 6 aliphatic rings. The zero-order valence-electron chi connectivity index (χ0n) is 49.7. The van der Waals surface area contributed by atoms with Gasteiger partial charge in [-0.25, -0.2) is 20.0 Å². The summed E-state index contributed by atoms with van der Waals surface area (Å²) in [7, 11) is 4.45. The molecule has 6 aromatic rings. The first-order chi connectivity index (χ1) is 40.0. The SMILES string of the molecule is CCCN=C=NC1CCN(c2nc(OC[C@@H]3CC(c4cc(N5CCc6c(nc(OC[C@@H]7CCCN7C)nc6N6CCC(N=C=NC(C)C)CC6)C5)c5c(C)cccc5c4)CN3C)nc3c2CCN(c2cccc4cccc(C)c24)C3)CC1. The third-order valence-electron chi connectivity index (χ3n) is 18.4. The van der Waals surface area contributed by atoms with E-state index >= 15 is 0 Å². The van der Waals surface area contributed by atoms with Gasteiger partial charge in [-0.3, -0.25) is 4.90 Å². The highest BCUT2D eigenvalue weighted by atomic mass is 16.5. The van der Waals surface area contributed by atoms with Gasteiger partial charge in [0.1, 0.15) is 24.8 Å². The van der Waals surface area contributed by atoms with Crippen LogP contribution in [0.4, 0.5) is 23.0 Å². The largest absolute Gasteiger partial charge is 0.462 e. The molecule has 16 nitrogen and oxygen atoms in total. The molecule has 1 unspecified atom stereocenters. The van der Waals surface area contributed by atoms with Crippen molar-refractivity contribution < 1.29 is 9.47 Å². The van der Waals surface area contributed by atoms with Gasteiger partial charge in [-0.2, -0.15) is 19.9 Å². The average Bonchev–Trinajstić information content (AvgIpc) is 4.25. The highest BCUT2D eigenvalue weighted by Crippen LogP contribution is 2.42. The minimum absolute atomic E-state index is 0.187. The predicted octanol–water partition coefficient (Wildman–Crippen LogP) is 10.8. The van der Waals surface area contributed by atoms with Crippen LogP contribution >= 0.6 is 0 Å². The van der Waals surface area contributed by atoms with Crippen molar-refractivity contribution in [2.75, 3.05) is 106 Å². The Hall–Kier alpha value is -6.96. The van der Waals surface area contributed by atoms with E-state index in [1.165, 1.54) is 67.2 Å². The van der Waals surface area contributed by atoms with E-state index in [0.717, 1.165) is 140 Å². The van der Waals surface area contributed by atoms with Crippen molar-refractivity contribution in [2.24, 2.45) is 20.0 Å². The first-order valence-corrected chi connectivity index (χ1v) is 30.8. The molecule has 0 radical (unpaired) electrons. The molecule has 0 aliphatic carbocycles. The van der Waals surface area contributed by atoms with E-state index in [-0.39, 0.29) is 24.2 Å². The molecule has 3 atom stereocenters. The number of rotatable bonds is 16.